The van der Waals surface area contributed by atoms with Crippen LogP contribution < -0.4 is 8.78 Å². The van der Waals surface area contributed by atoms with Crippen molar-refractivity contribution < 1.29 is 16.8 Å². The third-order valence-corrected chi connectivity index (χ3v) is 8.85. The molecule has 10 heteroatoms. The van der Waals surface area contributed by atoms with Crippen molar-refractivity contribution in [2.24, 2.45) is 0 Å². The minimum absolute atomic E-state index is 1.19. The summed E-state index contributed by atoms with van der Waals surface area (Å²) in [5.74, 6) is 0. The Morgan fingerprint density at radius 1 is 0.611 bits per heavy atom. The average molecular weight is 335 g/mol. The normalized spacial score (nSPS) is 13.8. The van der Waals surface area contributed by atoms with E-state index in [9.17, 15) is 16.8 Å². The van der Waals surface area contributed by atoms with Crippen LogP contribution in [-0.2, 0) is 20.0 Å². The molecule has 0 atom stereocenters. The molecule has 0 aromatic heterocycles. The molecule has 0 aromatic rings. The van der Waals surface area contributed by atoms with Crippen molar-refractivity contribution in [3.63, 3.8) is 0 Å². The van der Waals surface area contributed by atoms with E-state index < -0.39 is 36.5 Å². The van der Waals surface area contributed by atoms with Gasteiger partial charge in [0.25, 0.3) is 0 Å². The first-order valence-electron chi connectivity index (χ1n) is 5.39. The maximum atomic E-state index is 10.6. The Bertz CT molecular complexity index is 402. The topological polar surface area (TPSA) is 92.3 Å². The molecule has 0 amide bonds. The van der Waals surface area contributed by atoms with Gasteiger partial charge in [-0.15, -0.1) is 0 Å². The Labute approximate surface area is 114 Å². The van der Waals surface area contributed by atoms with Gasteiger partial charge in [-0.1, -0.05) is 39.3 Å². The predicted molar refractivity (Wildman–Crippen MR) is 82.7 cm³/mol. The van der Waals surface area contributed by atoms with Crippen LogP contribution in [0.4, 0.5) is 0 Å². The Kier molecular flexibility index (Phi) is 7.56. The zero-order valence-electron chi connectivity index (χ0n) is 12.4. The lowest BCUT2D eigenvalue weighted by Gasteiger charge is -2.15. The predicted octanol–water partition coefficient (Wildman–Crippen LogP) is 0.741. The SMILES string of the molecule is C[Si](C)(C)NS(C)(=O)=O.C[Si](C)(C)NS(C)(=O)=O. The van der Waals surface area contributed by atoms with Gasteiger partial charge in [-0.25, -0.2) is 25.6 Å². The van der Waals surface area contributed by atoms with Crippen molar-refractivity contribution in [3.8, 4) is 0 Å². The fraction of sp³-hybridized carbons (Fsp3) is 1.00. The maximum absolute atomic E-state index is 10.6. The molecule has 0 rings (SSSR count). The summed E-state index contributed by atoms with van der Waals surface area (Å²) in [5, 5.41) is 0. The smallest absolute Gasteiger partial charge is 0.202 e. The lowest BCUT2D eigenvalue weighted by molar-refractivity contribution is 0.596. The Balaban J connectivity index is 0. The summed E-state index contributed by atoms with van der Waals surface area (Å²) in [6.45, 7) is 11.6. The number of hydrogen-bond donors (Lipinski definition) is 2. The molecule has 2 N–H and O–H groups in total. The van der Waals surface area contributed by atoms with Crippen molar-refractivity contribution in [2.75, 3.05) is 12.5 Å². The van der Waals surface area contributed by atoms with Gasteiger partial charge in [-0.3, -0.25) is 0 Å². The third kappa shape index (κ3) is 25.2. The fourth-order valence-electron chi connectivity index (χ4n) is 1.11. The van der Waals surface area contributed by atoms with E-state index in [1.165, 1.54) is 12.5 Å². The molecule has 0 bridgehead atoms. The van der Waals surface area contributed by atoms with E-state index in [0.717, 1.165) is 0 Å². The minimum atomic E-state index is -2.97. The second kappa shape index (κ2) is 6.61. The highest BCUT2D eigenvalue weighted by Gasteiger charge is 2.18. The molecule has 6 nitrogen and oxygen atoms in total. The van der Waals surface area contributed by atoms with Crippen LogP contribution in [0.3, 0.4) is 0 Å². The van der Waals surface area contributed by atoms with Gasteiger partial charge >= 0.3 is 0 Å². The van der Waals surface area contributed by atoms with Crippen molar-refractivity contribution in [1.82, 2.24) is 8.78 Å². The van der Waals surface area contributed by atoms with Gasteiger partial charge in [-0.05, 0) is 0 Å². The standard InChI is InChI=1S/2C4H13NO2SSi/c2*1-8(6,7)5-9(2,3)4/h2*5H,1-4H3. The average Bonchev–Trinajstić information content (AvgIpc) is 1.64. The van der Waals surface area contributed by atoms with Gasteiger partial charge in [-0.2, -0.15) is 0 Å². The Hall–Kier alpha value is 0.254. The summed E-state index contributed by atoms with van der Waals surface area (Å²) >= 11 is 0. The molecule has 112 valence electrons. The lowest BCUT2D eigenvalue weighted by atomic mass is 11.8. The van der Waals surface area contributed by atoms with Gasteiger partial charge in [0.1, 0.15) is 16.5 Å². The highest BCUT2D eigenvalue weighted by atomic mass is 32.2. The van der Waals surface area contributed by atoms with Crippen LogP contribution in [0.2, 0.25) is 39.3 Å². The van der Waals surface area contributed by atoms with Crippen molar-refractivity contribution in [3.05, 3.63) is 0 Å². The van der Waals surface area contributed by atoms with E-state index in [4.69, 9.17) is 0 Å². The minimum Gasteiger partial charge on any atom is -0.238 e. The molecule has 0 heterocycles. The van der Waals surface area contributed by atoms with Crippen molar-refractivity contribution in [1.29, 1.82) is 0 Å². The molecule has 0 aliphatic rings. The highest BCUT2D eigenvalue weighted by molar-refractivity contribution is 7.90. The summed E-state index contributed by atoms with van der Waals surface area (Å²) in [4.78, 5) is 0. The molecule has 18 heavy (non-hydrogen) atoms. The third-order valence-electron chi connectivity index (χ3n) is 0.983. The number of nitrogens with one attached hydrogen (secondary N) is 2. The van der Waals surface area contributed by atoms with Gasteiger partial charge < -0.3 is 0 Å². The molecule has 0 aliphatic heterocycles. The van der Waals surface area contributed by atoms with Crippen molar-refractivity contribution in [2.45, 2.75) is 39.3 Å². The van der Waals surface area contributed by atoms with E-state index in [0.29, 0.717) is 0 Å². The first kappa shape index (κ1) is 20.6. The molecule has 0 unspecified atom stereocenters. The summed E-state index contributed by atoms with van der Waals surface area (Å²) in [5.41, 5.74) is 0. The monoisotopic (exact) mass is 334 g/mol. The fourth-order valence-corrected chi connectivity index (χ4v) is 10.0. The summed E-state index contributed by atoms with van der Waals surface area (Å²) in [6.07, 6.45) is 2.37. The summed E-state index contributed by atoms with van der Waals surface area (Å²) in [7, 11) is -9.20. The molecule has 0 radical (unpaired) electrons. The molecule has 0 spiro atoms. The van der Waals surface area contributed by atoms with Crippen LogP contribution in [0.15, 0.2) is 0 Å². The van der Waals surface area contributed by atoms with Crippen molar-refractivity contribution >= 4 is 36.5 Å². The van der Waals surface area contributed by atoms with Gasteiger partial charge in [0.2, 0.25) is 20.0 Å². The first-order valence-corrected chi connectivity index (χ1v) is 16.2. The molecule has 0 saturated heterocycles. The van der Waals surface area contributed by atoms with Gasteiger partial charge in [0, 0.05) is 0 Å². The lowest BCUT2D eigenvalue weighted by Crippen LogP contribution is -2.44. The Morgan fingerprint density at radius 3 is 0.778 bits per heavy atom. The zero-order valence-corrected chi connectivity index (χ0v) is 16.1. The zero-order chi connectivity index (χ0) is 15.4. The van der Waals surface area contributed by atoms with E-state index in [-0.39, 0.29) is 0 Å². The second-order valence-electron chi connectivity index (χ2n) is 6.25. The van der Waals surface area contributed by atoms with Gasteiger partial charge in [0.15, 0.2) is 0 Å². The molecule has 0 fully saturated rings. The molecular formula is C8H26N2O4S2Si2. The van der Waals surface area contributed by atoms with Crippen LogP contribution in [0.25, 0.3) is 0 Å². The number of sulfonamides is 2. The van der Waals surface area contributed by atoms with E-state index in [1.807, 2.05) is 39.3 Å². The van der Waals surface area contributed by atoms with Crippen LogP contribution in [0, 0.1) is 0 Å². The van der Waals surface area contributed by atoms with Crippen LogP contribution >= 0.6 is 0 Å². The highest BCUT2D eigenvalue weighted by Crippen LogP contribution is 1.96. The first-order chi connectivity index (χ1) is 7.41. The Morgan fingerprint density at radius 2 is 0.778 bits per heavy atom. The summed E-state index contributed by atoms with van der Waals surface area (Å²) in [6, 6.07) is 0. The summed E-state index contributed by atoms with van der Waals surface area (Å²) < 4.78 is 47.4. The molecule has 0 saturated carbocycles. The van der Waals surface area contributed by atoms with Crippen LogP contribution in [0.5, 0.6) is 0 Å². The maximum Gasteiger partial charge on any atom is 0.202 e. The van der Waals surface area contributed by atoms with Gasteiger partial charge in [0.05, 0.1) is 12.5 Å². The molecule has 0 aromatic carbocycles. The van der Waals surface area contributed by atoms with Crippen LogP contribution in [-0.4, -0.2) is 45.8 Å². The van der Waals surface area contributed by atoms with E-state index in [2.05, 4.69) is 8.78 Å². The number of hydrogen-bond acceptors (Lipinski definition) is 4. The van der Waals surface area contributed by atoms with Crippen LogP contribution in [0.1, 0.15) is 0 Å². The number of rotatable bonds is 4. The second-order valence-corrected chi connectivity index (χ2v) is 20.0. The van der Waals surface area contributed by atoms with E-state index in [1.54, 1.807) is 0 Å². The van der Waals surface area contributed by atoms with E-state index >= 15 is 0 Å². The molecular weight excluding hydrogens is 308 g/mol. The largest absolute Gasteiger partial charge is 0.238 e. The molecule has 0 aliphatic carbocycles. The quantitative estimate of drug-likeness (QED) is 0.742.